The van der Waals surface area contributed by atoms with Crippen molar-refractivity contribution in [2.45, 2.75) is 0 Å². The van der Waals surface area contributed by atoms with Crippen LogP contribution in [-0.4, -0.2) is 14.8 Å². The molecule has 5 heteroatoms. The minimum Gasteiger partial charge on any atom is -0.399 e. The van der Waals surface area contributed by atoms with E-state index in [9.17, 15) is 0 Å². The molecule has 2 N–H and O–H groups in total. The van der Waals surface area contributed by atoms with E-state index >= 15 is 0 Å². The second kappa shape index (κ2) is 4.03. The Balaban J connectivity index is 2.01. The molecule has 0 atom stereocenters. The summed E-state index contributed by atoms with van der Waals surface area (Å²) in [4.78, 5) is 4.25. The molecule has 3 aromatic rings. The molecule has 0 aliphatic carbocycles. The molecule has 0 fully saturated rings. The summed E-state index contributed by atoms with van der Waals surface area (Å²) in [5.41, 5.74) is 8.44. The number of hydrogen-bond donors (Lipinski definition) is 1. The Hall–Kier alpha value is -2.14. The van der Waals surface area contributed by atoms with Crippen LogP contribution in [0.5, 0.6) is 0 Å². The minimum atomic E-state index is 0.730. The van der Waals surface area contributed by atoms with E-state index in [0.717, 1.165) is 21.9 Å². The summed E-state index contributed by atoms with van der Waals surface area (Å²) < 4.78 is 1.80. The van der Waals surface area contributed by atoms with E-state index in [0.29, 0.717) is 0 Å². The summed E-state index contributed by atoms with van der Waals surface area (Å²) in [6, 6.07) is 7.62. The van der Waals surface area contributed by atoms with Crippen molar-refractivity contribution in [3.63, 3.8) is 0 Å². The van der Waals surface area contributed by atoms with Crippen LogP contribution < -0.4 is 5.73 Å². The van der Waals surface area contributed by atoms with E-state index in [1.807, 2.05) is 42.0 Å². The number of benzene rings is 1. The van der Waals surface area contributed by atoms with Crippen molar-refractivity contribution in [1.29, 1.82) is 0 Å². The van der Waals surface area contributed by atoms with Crippen LogP contribution in [0.2, 0.25) is 0 Å². The molecule has 2 heterocycles. The molecule has 84 valence electrons. The van der Waals surface area contributed by atoms with Crippen LogP contribution in [0.3, 0.4) is 0 Å². The number of nitrogens with zero attached hydrogens (tertiary/aromatic N) is 3. The second-order valence-electron chi connectivity index (χ2n) is 3.61. The summed E-state index contributed by atoms with van der Waals surface area (Å²) >= 11 is 1.60. The molecule has 0 radical (unpaired) electrons. The first-order valence-corrected chi connectivity index (χ1v) is 6.01. The van der Waals surface area contributed by atoms with Crippen molar-refractivity contribution in [3.8, 4) is 16.3 Å². The lowest BCUT2D eigenvalue weighted by Crippen LogP contribution is -1.95. The molecule has 0 unspecified atom stereocenters. The van der Waals surface area contributed by atoms with E-state index in [1.165, 1.54) is 0 Å². The van der Waals surface area contributed by atoms with Gasteiger partial charge in [-0.25, -0.2) is 9.67 Å². The van der Waals surface area contributed by atoms with Gasteiger partial charge in [0.25, 0.3) is 0 Å². The van der Waals surface area contributed by atoms with Crippen molar-refractivity contribution in [2.75, 3.05) is 5.73 Å². The Kier molecular flexibility index (Phi) is 2.38. The molecule has 0 spiro atoms. The maximum Gasteiger partial charge on any atom is 0.126 e. The molecule has 3 rings (SSSR count). The standard InChI is InChI=1S/C12H10N4S/c13-10-2-1-3-11(6-10)16-8-9(7-15-16)12-14-4-5-17-12/h1-8H,13H2. The summed E-state index contributed by atoms with van der Waals surface area (Å²) in [5, 5.41) is 7.24. The Labute approximate surface area is 102 Å². The smallest absolute Gasteiger partial charge is 0.126 e. The minimum absolute atomic E-state index is 0.730. The van der Waals surface area contributed by atoms with Crippen LogP contribution in [0.1, 0.15) is 0 Å². The molecular weight excluding hydrogens is 232 g/mol. The van der Waals surface area contributed by atoms with Gasteiger partial charge in [0.05, 0.1) is 11.9 Å². The lowest BCUT2D eigenvalue weighted by atomic mass is 10.3. The molecule has 0 aliphatic heterocycles. The Morgan fingerprint density at radius 2 is 2.24 bits per heavy atom. The Morgan fingerprint density at radius 1 is 1.29 bits per heavy atom. The fourth-order valence-electron chi connectivity index (χ4n) is 1.61. The first kappa shape index (κ1) is 10.0. The zero-order valence-corrected chi connectivity index (χ0v) is 9.76. The highest BCUT2D eigenvalue weighted by Crippen LogP contribution is 2.22. The topological polar surface area (TPSA) is 56.7 Å². The largest absolute Gasteiger partial charge is 0.399 e. The van der Waals surface area contributed by atoms with E-state index in [2.05, 4.69) is 10.1 Å². The van der Waals surface area contributed by atoms with Gasteiger partial charge in [0.15, 0.2) is 0 Å². The summed E-state index contributed by atoms with van der Waals surface area (Å²) in [6.45, 7) is 0. The highest BCUT2D eigenvalue weighted by atomic mass is 32.1. The number of nitrogen functional groups attached to an aromatic ring is 1. The normalized spacial score (nSPS) is 10.6. The molecule has 17 heavy (non-hydrogen) atoms. The van der Waals surface area contributed by atoms with Crippen molar-refractivity contribution in [3.05, 3.63) is 48.2 Å². The summed E-state index contributed by atoms with van der Waals surface area (Å²) in [5.74, 6) is 0. The molecule has 1 aromatic carbocycles. The molecule has 4 nitrogen and oxygen atoms in total. The van der Waals surface area contributed by atoms with Crippen LogP contribution in [-0.2, 0) is 0 Å². The highest BCUT2D eigenvalue weighted by molar-refractivity contribution is 7.13. The van der Waals surface area contributed by atoms with Gasteiger partial charge in [-0.05, 0) is 18.2 Å². The van der Waals surface area contributed by atoms with Gasteiger partial charge >= 0.3 is 0 Å². The Morgan fingerprint density at radius 3 is 3.00 bits per heavy atom. The maximum absolute atomic E-state index is 5.75. The molecule has 0 saturated heterocycles. The summed E-state index contributed by atoms with van der Waals surface area (Å²) in [7, 11) is 0. The van der Waals surface area contributed by atoms with Gasteiger partial charge in [0, 0.05) is 29.0 Å². The van der Waals surface area contributed by atoms with Gasteiger partial charge in [-0.3, -0.25) is 0 Å². The SMILES string of the molecule is Nc1cccc(-n2cc(-c3nccs3)cn2)c1. The molecule has 0 bridgehead atoms. The van der Waals surface area contributed by atoms with Gasteiger partial charge in [-0.1, -0.05) is 6.07 Å². The van der Waals surface area contributed by atoms with E-state index in [4.69, 9.17) is 5.73 Å². The molecular formula is C12H10N4S. The second-order valence-corrected chi connectivity index (χ2v) is 4.50. The van der Waals surface area contributed by atoms with E-state index in [1.54, 1.807) is 22.2 Å². The predicted octanol–water partition coefficient (Wildman–Crippen LogP) is 2.58. The van der Waals surface area contributed by atoms with Crippen molar-refractivity contribution in [1.82, 2.24) is 14.8 Å². The highest BCUT2D eigenvalue weighted by Gasteiger charge is 2.05. The van der Waals surface area contributed by atoms with Crippen LogP contribution in [0.15, 0.2) is 48.2 Å². The lowest BCUT2D eigenvalue weighted by Gasteiger charge is -2.01. The molecule has 0 saturated carbocycles. The number of aromatic nitrogens is 3. The van der Waals surface area contributed by atoms with Gasteiger partial charge in [-0.15, -0.1) is 11.3 Å². The molecule has 0 amide bonds. The van der Waals surface area contributed by atoms with Crippen LogP contribution >= 0.6 is 11.3 Å². The van der Waals surface area contributed by atoms with Crippen LogP contribution in [0, 0.1) is 0 Å². The van der Waals surface area contributed by atoms with Crippen molar-refractivity contribution >= 4 is 17.0 Å². The average molecular weight is 242 g/mol. The van der Waals surface area contributed by atoms with Gasteiger partial charge in [0.1, 0.15) is 5.01 Å². The van der Waals surface area contributed by atoms with Crippen LogP contribution in [0.25, 0.3) is 16.3 Å². The third kappa shape index (κ3) is 1.92. The van der Waals surface area contributed by atoms with E-state index < -0.39 is 0 Å². The number of thiazole rings is 1. The van der Waals surface area contributed by atoms with Gasteiger partial charge in [-0.2, -0.15) is 5.10 Å². The number of hydrogen-bond acceptors (Lipinski definition) is 4. The molecule has 2 aromatic heterocycles. The quantitative estimate of drug-likeness (QED) is 0.703. The maximum atomic E-state index is 5.75. The first-order valence-electron chi connectivity index (χ1n) is 5.13. The summed E-state index contributed by atoms with van der Waals surface area (Å²) in [6.07, 6.45) is 5.55. The monoisotopic (exact) mass is 242 g/mol. The number of rotatable bonds is 2. The van der Waals surface area contributed by atoms with Crippen molar-refractivity contribution < 1.29 is 0 Å². The van der Waals surface area contributed by atoms with Crippen molar-refractivity contribution in [2.24, 2.45) is 0 Å². The first-order chi connectivity index (χ1) is 8.33. The third-order valence-electron chi connectivity index (χ3n) is 2.40. The van der Waals surface area contributed by atoms with Gasteiger partial charge in [0.2, 0.25) is 0 Å². The number of anilines is 1. The lowest BCUT2D eigenvalue weighted by molar-refractivity contribution is 0.881. The third-order valence-corrected chi connectivity index (χ3v) is 3.22. The molecule has 0 aliphatic rings. The Bertz CT molecular complexity index is 628. The zero-order chi connectivity index (χ0) is 11.7. The zero-order valence-electron chi connectivity index (χ0n) is 8.95. The van der Waals surface area contributed by atoms with E-state index in [-0.39, 0.29) is 0 Å². The average Bonchev–Trinajstić information content (AvgIpc) is 3.00. The predicted molar refractivity (Wildman–Crippen MR) is 69.1 cm³/mol. The van der Waals surface area contributed by atoms with Gasteiger partial charge < -0.3 is 5.73 Å². The van der Waals surface area contributed by atoms with Crippen LogP contribution in [0.4, 0.5) is 5.69 Å². The fourth-order valence-corrected chi connectivity index (χ4v) is 2.22. The fraction of sp³-hybridized carbons (Fsp3) is 0. The number of nitrogens with two attached hydrogens (primary N) is 1.